The number of hydrogen-bond donors (Lipinski definition) is 3. The predicted octanol–water partition coefficient (Wildman–Crippen LogP) is -0.0124. The molecule has 9 heteroatoms. The molecule has 1 fully saturated rings. The fraction of sp³-hybridized carbons (Fsp3) is 0.375. The topological polar surface area (TPSA) is 122 Å². The summed E-state index contributed by atoms with van der Waals surface area (Å²) in [6.07, 6.45) is 0.704. The summed E-state index contributed by atoms with van der Waals surface area (Å²) in [6, 6.07) is 1.20. The van der Waals surface area contributed by atoms with Gasteiger partial charge < -0.3 is 11.1 Å². The van der Waals surface area contributed by atoms with Gasteiger partial charge in [-0.05, 0) is 31.5 Å². The Labute approximate surface area is 142 Å². The molecule has 4 amide bonds. The lowest BCUT2D eigenvalue weighted by Gasteiger charge is -2.27. The van der Waals surface area contributed by atoms with Gasteiger partial charge in [0.05, 0.1) is 16.8 Å². The molecule has 25 heavy (non-hydrogen) atoms. The maximum Gasteiger partial charge on any atom is 0.262 e. The van der Waals surface area contributed by atoms with Crippen LogP contribution in [-0.2, 0) is 9.59 Å². The standard InChI is InChI=1S/C16H17FN4O4/c17-10-6-8-9(7-11(10)19-5-1-4-18)16(25)21(15(8)24)12-2-3-13(22)20-14(12)23/h6-7,12,19H,1-5,18H2,(H,20,22,23). The van der Waals surface area contributed by atoms with Crippen LogP contribution in [0.4, 0.5) is 10.1 Å². The number of hydrogen-bond acceptors (Lipinski definition) is 6. The van der Waals surface area contributed by atoms with Gasteiger partial charge in [0.25, 0.3) is 11.8 Å². The first kappa shape index (κ1) is 17.0. The summed E-state index contributed by atoms with van der Waals surface area (Å²) in [5.41, 5.74) is 5.43. The summed E-state index contributed by atoms with van der Waals surface area (Å²) in [6.45, 7) is 0.853. The fourth-order valence-corrected chi connectivity index (χ4v) is 2.95. The molecule has 1 aromatic rings. The molecule has 2 aliphatic heterocycles. The van der Waals surface area contributed by atoms with Crippen LogP contribution in [0.1, 0.15) is 40.0 Å². The molecule has 0 aliphatic carbocycles. The van der Waals surface area contributed by atoms with Gasteiger partial charge in [0.15, 0.2) is 0 Å². The second-order valence-electron chi connectivity index (χ2n) is 5.89. The molecule has 2 heterocycles. The molecular formula is C16H17FN4O4. The lowest BCUT2D eigenvalue weighted by molar-refractivity contribution is -0.136. The number of piperidine rings is 1. The number of nitrogens with one attached hydrogen (secondary N) is 2. The van der Waals surface area contributed by atoms with Gasteiger partial charge in [-0.25, -0.2) is 4.39 Å². The van der Waals surface area contributed by atoms with Crippen molar-refractivity contribution in [2.75, 3.05) is 18.4 Å². The van der Waals surface area contributed by atoms with E-state index in [1.807, 2.05) is 0 Å². The summed E-state index contributed by atoms with van der Waals surface area (Å²) in [7, 11) is 0. The SMILES string of the molecule is NCCCNc1cc2c(cc1F)C(=O)N(C1CCC(=O)NC1=O)C2=O. The molecule has 0 bridgehead atoms. The highest BCUT2D eigenvalue weighted by Gasteiger charge is 2.45. The van der Waals surface area contributed by atoms with Gasteiger partial charge in [0.1, 0.15) is 11.9 Å². The number of carbonyl (C=O) groups excluding carboxylic acids is 4. The van der Waals surface area contributed by atoms with E-state index in [-0.39, 0.29) is 29.7 Å². The highest BCUT2D eigenvalue weighted by Crippen LogP contribution is 2.31. The largest absolute Gasteiger partial charge is 0.383 e. The van der Waals surface area contributed by atoms with Crippen LogP contribution in [0.25, 0.3) is 0 Å². The summed E-state index contributed by atoms with van der Waals surface area (Å²) < 4.78 is 14.2. The minimum atomic E-state index is -1.07. The van der Waals surface area contributed by atoms with Gasteiger partial charge in [-0.1, -0.05) is 0 Å². The Balaban J connectivity index is 1.88. The van der Waals surface area contributed by atoms with Crippen LogP contribution in [-0.4, -0.2) is 47.7 Å². The van der Waals surface area contributed by atoms with E-state index in [4.69, 9.17) is 5.73 Å². The van der Waals surface area contributed by atoms with Crippen molar-refractivity contribution < 1.29 is 23.6 Å². The zero-order valence-electron chi connectivity index (χ0n) is 13.3. The smallest absolute Gasteiger partial charge is 0.262 e. The normalized spacial score (nSPS) is 19.9. The van der Waals surface area contributed by atoms with Crippen LogP contribution in [0.15, 0.2) is 12.1 Å². The van der Waals surface area contributed by atoms with Crippen molar-refractivity contribution in [1.29, 1.82) is 0 Å². The monoisotopic (exact) mass is 348 g/mol. The number of anilines is 1. The Hall–Kier alpha value is -2.81. The highest BCUT2D eigenvalue weighted by molar-refractivity contribution is 6.23. The number of fused-ring (bicyclic) bond motifs is 1. The average molecular weight is 348 g/mol. The lowest BCUT2D eigenvalue weighted by atomic mass is 10.0. The number of rotatable bonds is 5. The Morgan fingerprint density at radius 1 is 1.20 bits per heavy atom. The summed E-state index contributed by atoms with van der Waals surface area (Å²) in [4.78, 5) is 49.1. The van der Waals surface area contributed by atoms with Gasteiger partial charge in [0.2, 0.25) is 11.8 Å². The van der Waals surface area contributed by atoms with Crippen LogP contribution < -0.4 is 16.4 Å². The van der Waals surface area contributed by atoms with Gasteiger partial charge >= 0.3 is 0 Å². The quantitative estimate of drug-likeness (QED) is 0.508. The third-order valence-electron chi connectivity index (χ3n) is 4.22. The molecule has 2 aliphatic rings. The van der Waals surface area contributed by atoms with E-state index in [1.54, 1.807) is 0 Å². The zero-order chi connectivity index (χ0) is 18.1. The molecule has 3 rings (SSSR count). The molecule has 0 spiro atoms. The van der Waals surface area contributed by atoms with Crippen LogP contribution in [0.3, 0.4) is 0 Å². The van der Waals surface area contributed by atoms with Crippen molar-refractivity contribution in [3.05, 3.63) is 29.1 Å². The molecule has 132 valence electrons. The second-order valence-corrected chi connectivity index (χ2v) is 5.89. The van der Waals surface area contributed by atoms with Gasteiger partial charge in [-0.3, -0.25) is 29.4 Å². The minimum absolute atomic E-state index is 0.0318. The van der Waals surface area contributed by atoms with E-state index in [1.165, 1.54) is 6.07 Å². The molecule has 4 N–H and O–H groups in total. The predicted molar refractivity (Wildman–Crippen MR) is 85.2 cm³/mol. The molecule has 8 nitrogen and oxygen atoms in total. The summed E-state index contributed by atoms with van der Waals surface area (Å²) in [5.74, 6) is -3.22. The van der Waals surface area contributed by atoms with E-state index >= 15 is 0 Å². The number of amides is 4. The van der Waals surface area contributed by atoms with E-state index < -0.39 is 35.5 Å². The molecule has 0 saturated carbocycles. The molecular weight excluding hydrogens is 331 g/mol. The van der Waals surface area contributed by atoms with Crippen molar-refractivity contribution >= 4 is 29.3 Å². The van der Waals surface area contributed by atoms with Crippen LogP contribution in [0, 0.1) is 5.82 Å². The summed E-state index contributed by atoms with van der Waals surface area (Å²) >= 11 is 0. The van der Waals surface area contributed by atoms with E-state index in [0.717, 1.165) is 11.0 Å². The fourth-order valence-electron chi connectivity index (χ4n) is 2.95. The summed E-state index contributed by atoms with van der Waals surface area (Å²) in [5, 5.41) is 4.94. The number of imide groups is 2. The molecule has 1 atom stereocenters. The molecule has 1 aromatic carbocycles. The molecule has 1 saturated heterocycles. The second kappa shape index (κ2) is 6.60. The van der Waals surface area contributed by atoms with E-state index in [9.17, 15) is 23.6 Å². The Morgan fingerprint density at radius 2 is 1.88 bits per heavy atom. The van der Waals surface area contributed by atoms with Crippen molar-refractivity contribution in [3.63, 3.8) is 0 Å². The maximum atomic E-state index is 14.2. The number of nitrogens with zero attached hydrogens (tertiary/aromatic N) is 1. The first-order chi connectivity index (χ1) is 11.9. The third-order valence-corrected chi connectivity index (χ3v) is 4.22. The maximum absolute atomic E-state index is 14.2. The van der Waals surface area contributed by atoms with E-state index in [0.29, 0.717) is 19.5 Å². The lowest BCUT2D eigenvalue weighted by Crippen LogP contribution is -2.54. The van der Waals surface area contributed by atoms with Crippen molar-refractivity contribution in [3.8, 4) is 0 Å². The average Bonchev–Trinajstić information content (AvgIpc) is 2.79. The number of carbonyl (C=O) groups is 4. The molecule has 0 aromatic heterocycles. The van der Waals surface area contributed by atoms with E-state index in [2.05, 4.69) is 10.6 Å². The first-order valence-electron chi connectivity index (χ1n) is 7.93. The zero-order valence-corrected chi connectivity index (χ0v) is 13.3. The number of halogens is 1. The van der Waals surface area contributed by atoms with Gasteiger partial charge in [-0.15, -0.1) is 0 Å². The Bertz CT molecular complexity index is 780. The van der Waals surface area contributed by atoms with Crippen LogP contribution >= 0.6 is 0 Å². The molecule has 1 unspecified atom stereocenters. The van der Waals surface area contributed by atoms with Crippen molar-refractivity contribution in [2.24, 2.45) is 5.73 Å². The molecule has 0 radical (unpaired) electrons. The van der Waals surface area contributed by atoms with Crippen LogP contribution in [0.5, 0.6) is 0 Å². The van der Waals surface area contributed by atoms with Crippen molar-refractivity contribution in [2.45, 2.75) is 25.3 Å². The third kappa shape index (κ3) is 2.98. The number of nitrogens with two attached hydrogens (primary N) is 1. The highest BCUT2D eigenvalue weighted by atomic mass is 19.1. The Morgan fingerprint density at radius 3 is 2.52 bits per heavy atom. The number of benzene rings is 1. The van der Waals surface area contributed by atoms with Gasteiger partial charge in [0, 0.05) is 13.0 Å². The first-order valence-corrected chi connectivity index (χ1v) is 7.93. The van der Waals surface area contributed by atoms with Crippen LogP contribution in [0.2, 0.25) is 0 Å². The van der Waals surface area contributed by atoms with Gasteiger partial charge in [-0.2, -0.15) is 0 Å². The Kier molecular flexibility index (Phi) is 4.49. The minimum Gasteiger partial charge on any atom is -0.383 e. The van der Waals surface area contributed by atoms with Crippen molar-refractivity contribution in [1.82, 2.24) is 10.2 Å².